The molecule has 0 saturated heterocycles. The highest BCUT2D eigenvalue weighted by Gasteiger charge is 2.19. The standard InChI is InChI=1S/C15H20N2OS/c1-15(2,3)13-9-16-14(19)17(13)10-11-5-7-12(18-4)8-6-11/h5-9H,10H2,1-4H3,(H,16,19). The predicted molar refractivity (Wildman–Crippen MR) is 80.4 cm³/mol. The van der Waals surface area contributed by atoms with E-state index in [1.54, 1.807) is 7.11 Å². The van der Waals surface area contributed by atoms with E-state index in [0.717, 1.165) is 17.1 Å². The number of aromatic amines is 1. The third kappa shape index (κ3) is 3.07. The molecule has 1 heterocycles. The second-order valence-electron chi connectivity index (χ2n) is 5.66. The molecule has 2 aromatic rings. The molecule has 4 heteroatoms. The van der Waals surface area contributed by atoms with Crippen LogP contribution in [0.3, 0.4) is 0 Å². The average Bonchev–Trinajstić information content (AvgIpc) is 2.72. The molecule has 0 aliphatic heterocycles. The summed E-state index contributed by atoms with van der Waals surface area (Å²) in [4.78, 5) is 3.14. The Bertz CT molecular complexity index is 602. The highest BCUT2D eigenvalue weighted by molar-refractivity contribution is 7.71. The van der Waals surface area contributed by atoms with Gasteiger partial charge in [-0.1, -0.05) is 32.9 Å². The van der Waals surface area contributed by atoms with E-state index in [4.69, 9.17) is 17.0 Å². The van der Waals surface area contributed by atoms with E-state index in [9.17, 15) is 0 Å². The number of nitrogens with zero attached hydrogens (tertiary/aromatic N) is 1. The zero-order chi connectivity index (χ0) is 14.0. The number of aromatic nitrogens is 2. The summed E-state index contributed by atoms with van der Waals surface area (Å²) in [5.74, 6) is 0.873. The van der Waals surface area contributed by atoms with Crippen molar-refractivity contribution in [3.05, 3.63) is 46.5 Å². The molecule has 0 bridgehead atoms. The Morgan fingerprint density at radius 1 is 1.21 bits per heavy atom. The van der Waals surface area contributed by atoms with Crippen molar-refractivity contribution in [1.29, 1.82) is 0 Å². The van der Waals surface area contributed by atoms with Gasteiger partial charge >= 0.3 is 0 Å². The van der Waals surface area contributed by atoms with Gasteiger partial charge in [-0.2, -0.15) is 0 Å². The Labute approximate surface area is 119 Å². The van der Waals surface area contributed by atoms with Crippen LogP contribution in [0.2, 0.25) is 0 Å². The zero-order valence-electron chi connectivity index (χ0n) is 11.9. The Hall–Kier alpha value is -1.55. The lowest BCUT2D eigenvalue weighted by Gasteiger charge is -2.20. The van der Waals surface area contributed by atoms with Crippen LogP contribution in [-0.4, -0.2) is 16.7 Å². The summed E-state index contributed by atoms with van der Waals surface area (Å²) in [5, 5.41) is 0. The van der Waals surface area contributed by atoms with Gasteiger partial charge in [-0.25, -0.2) is 0 Å². The predicted octanol–water partition coefficient (Wildman–Crippen LogP) is 3.90. The molecule has 102 valence electrons. The number of hydrogen-bond acceptors (Lipinski definition) is 2. The van der Waals surface area contributed by atoms with Gasteiger partial charge in [0.25, 0.3) is 0 Å². The molecular weight excluding hydrogens is 256 g/mol. The van der Waals surface area contributed by atoms with Crippen molar-refractivity contribution in [3.63, 3.8) is 0 Å². The summed E-state index contributed by atoms with van der Waals surface area (Å²) >= 11 is 5.37. The first-order chi connectivity index (χ1) is 8.91. The fourth-order valence-electron chi connectivity index (χ4n) is 2.09. The molecule has 0 fully saturated rings. The molecule has 1 aromatic carbocycles. The van der Waals surface area contributed by atoms with Crippen molar-refractivity contribution in [2.24, 2.45) is 0 Å². The molecule has 0 unspecified atom stereocenters. The van der Waals surface area contributed by atoms with E-state index in [-0.39, 0.29) is 5.41 Å². The maximum Gasteiger partial charge on any atom is 0.177 e. The lowest BCUT2D eigenvalue weighted by atomic mass is 9.92. The number of hydrogen-bond donors (Lipinski definition) is 1. The Balaban J connectivity index is 2.32. The molecule has 3 nitrogen and oxygen atoms in total. The van der Waals surface area contributed by atoms with Crippen LogP contribution in [0.4, 0.5) is 0 Å². The van der Waals surface area contributed by atoms with E-state index < -0.39 is 0 Å². The molecule has 0 spiro atoms. The van der Waals surface area contributed by atoms with E-state index in [1.807, 2.05) is 18.3 Å². The van der Waals surface area contributed by atoms with Crippen LogP contribution < -0.4 is 4.74 Å². The topological polar surface area (TPSA) is 29.9 Å². The highest BCUT2D eigenvalue weighted by Crippen LogP contribution is 2.23. The molecule has 0 aliphatic carbocycles. The van der Waals surface area contributed by atoms with Gasteiger partial charge in [-0.3, -0.25) is 0 Å². The average molecular weight is 276 g/mol. The van der Waals surface area contributed by atoms with Gasteiger partial charge in [0.1, 0.15) is 5.75 Å². The maximum absolute atomic E-state index is 5.37. The van der Waals surface area contributed by atoms with Gasteiger partial charge in [0.15, 0.2) is 4.77 Å². The van der Waals surface area contributed by atoms with Crippen LogP contribution in [0, 0.1) is 4.77 Å². The van der Waals surface area contributed by atoms with Crippen LogP contribution in [0.15, 0.2) is 30.5 Å². The van der Waals surface area contributed by atoms with Gasteiger partial charge in [0, 0.05) is 17.3 Å². The number of imidazole rings is 1. The van der Waals surface area contributed by atoms with Gasteiger partial charge in [0.05, 0.1) is 13.7 Å². The normalized spacial score (nSPS) is 11.6. The van der Waals surface area contributed by atoms with Gasteiger partial charge in [-0.15, -0.1) is 0 Å². The van der Waals surface area contributed by atoms with Crippen molar-refractivity contribution in [3.8, 4) is 5.75 Å². The maximum atomic E-state index is 5.37. The van der Waals surface area contributed by atoms with E-state index in [0.29, 0.717) is 0 Å². The molecule has 2 rings (SSSR count). The van der Waals surface area contributed by atoms with Gasteiger partial charge in [0.2, 0.25) is 0 Å². The summed E-state index contributed by atoms with van der Waals surface area (Å²) in [6.07, 6.45) is 2.01. The van der Waals surface area contributed by atoms with Crippen molar-refractivity contribution >= 4 is 12.2 Å². The molecule has 0 saturated carbocycles. The van der Waals surface area contributed by atoms with Crippen LogP contribution in [-0.2, 0) is 12.0 Å². The summed E-state index contributed by atoms with van der Waals surface area (Å²) in [7, 11) is 1.68. The molecule has 0 aliphatic rings. The second-order valence-corrected chi connectivity index (χ2v) is 6.05. The first-order valence-electron chi connectivity index (χ1n) is 6.33. The second kappa shape index (κ2) is 5.21. The summed E-state index contributed by atoms with van der Waals surface area (Å²) < 4.78 is 8.09. The SMILES string of the molecule is COc1ccc(Cn2c(C(C)(C)C)c[nH]c2=S)cc1. The number of H-pyrrole nitrogens is 1. The lowest BCUT2D eigenvalue weighted by molar-refractivity contribution is 0.414. The summed E-state index contributed by atoms with van der Waals surface area (Å²) in [6, 6.07) is 8.09. The number of ether oxygens (including phenoxy) is 1. The van der Waals surface area contributed by atoms with Crippen LogP contribution >= 0.6 is 12.2 Å². The minimum absolute atomic E-state index is 0.0695. The van der Waals surface area contributed by atoms with Crippen molar-refractivity contribution in [1.82, 2.24) is 9.55 Å². The molecule has 0 atom stereocenters. The molecule has 19 heavy (non-hydrogen) atoms. The fourth-order valence-corrected chi connectivity index (χ4v) is 2.31. The third-order valence-electron chi connectivity index (χ3n) is 3.14. The highest BCUT2D eigenvalue weighted by atomic mass is 32.1. The Morgan fingerprint density at radius 2 is 1.84 bits per heavy atom. The van der Waals surface area contributed by atoms with Crippen LogP contribution in [0.25, 0.3) is 0 Å². The monoisotopic (exact) mass is 276 g/mol. The quantitative estimate of drug-likeness (QED) is 0.862. The van der Waals surface area contributed by atoms with E-state index in [2.05, 4.69) is 42.5 Å². The number of nitrogens with one attached hydrogen (secondary N) is 1. The number of rotatable bonds is 3. The lowest BCUT2D eigenvalue weighted by Crippen LogP contribution is -2.18. The van der Waals surface area contributed by atoms with Crippen LogP contribution in [0.1, 0.15) is 32.0 Å². The van der Waals surface area contributed by atoms with Gasteiger partial charge in [-0.05, 0) is 29.9 Å². The first kappa shape index (κ1) is 13.9. The Morgan fingerprint density at radius 3 is 2.37 bits per heavy atom. The molecule has 0 amide bonds. The van der Waals surface area contributed by atoms with E-state index in [1.165, 1.54) is 11.3 Å². The third-order valence-corrected chi connectivity index (χ3v) is 3.47. The minimum Gasteiger partial charge on any atom is -0.497 e. The van der Waals surface area contributed by atoms with E-state index >= 15 is 0 Å². The molecule has 0 radical (unpaired) electrons. The van der Waals surface area contributed by atoms with Gasteiger partial charge < -0.3 is 14.3 Å². The van der Waals surface area contributed by atoms with Crippen molar-refractivity contribution in [2.75, 3.05) is 7.11 Å². The first-order valence-corrected chi connectivity index (χ1v) is 6.74. The number of benzene rings is 1. The smallest absolute Gasteiger partial charge is 0.177 e. The number of methoxy groups -OCH3 is 1. The Kier molecular flexibility index (Phi) is 3.80. The molecular formula is C15H20N2OS. The van der Waals surface area contributed by atoms with Crippen molar-refractivity contribution in [2.45, 2.75) is 32.7 Å². The van der Waals surface area contributed by atoms with Crippen LogP contribution in [0.5, 0.6) is 5.75 Å². The molecule has 1 N–H and O–H groups in total. The summed E-state index contributed by atoms with van der Waals surface area (Å²) in [6.45, 7) is 7.35. The molecule has 1 aromatic heterocycles. The minimum atomic E-state index is 0.0695. The fraction of sp³-hybridized carbons (Fsp3) is 0.400. The zero-order valence-corrected chi connectivity index (χ0v) is 12.7. The largest absolute Gasteiger partial charge is 0.497 e. The van der Waals surface area contributed by atoms with Crippen molar-refractivity contribution < 1.29 is 4.74 Å². The summed E-state index contributed by atoms with van der Waals surface area (Å²) in [5.41, 5.74) is 2.50.